The van der Waals surface area contributed by atoms with E-state index in [9.17, 15) is 22.8 Å². The van der Waals surface area contributed by atoms with E-state index < -0.39 is 24.2 Å². The lowest BCUT2D eigenvalue weighted by Crippen LogP contribution is -2.27. The zero-order valence-electron chi connectivity index (χ0n) is 12.9. The van der Waals surface area contributed by atoms with Gasteiger partial charge in [0.05, 0.1) is 5.56 Å². The molecule has 1 atom stereocenters. The number of halogens is 3. The molecule has 8 heteroatoms. The van der Waals surface area contributed by atoms with Gasteiger partial charge in [-0.15, -0.1) is 0 Å². The first-order valence-electron chi connectivity index (χ1n) is 6.90. The summed E-state index contributed by atoms with van der Waals surface area (Å²) >= 11 is 0. The second-order valence-corrected chi connectivity index (χ2v) is 5.27. The summed E-state index contributed by atoms with van der Waals surface area (Å²) in [5, 5.41) is 0. The smallest absolute Gasteiger partial charge is 0.429 e. The monoisotopic (exact) mass is 340 g/mol. The maximum absolute atomic E-state index is 13.3. The predicted octanol–water partition coefficient (Wildman–Crippen LogP) is 2.89. The molecule has 1 amide bonds. The van der Waals surface area contributed by atoms with E-state index in [0.717, 1.165) is 6.07 Å². The number of ether oxygens (including phenoxy) is 1. The predicted molar refractivity (Wildman–Crippen MR) is 79.3 cm³/mol. The summed E-state index contributed by atoms with van der Waals surface area (Å²) in [7, 11) is 1.40. The summed E-state index contributed by atoms with van der Waals surface area (Å²) in [6, 6.07) is 6.86. The van der Waals surface area contributed by atoms with Gasteiger partial charge in [0, 0.05) is 18.8 Å². The van der Waals surface area contributed by atoms with Crippen molar-refractivity contribution in [3.63, 3.8) is 0 Å². The van der Waals surface area contributed by atoms with Gasteiger partial charge in [-0.05, 0) is 18.6 Å². The van der Waals surface area contributed by atoms with E-state index in [4.69, 9.17) is 10.5 Å². The number of primary amides is 1. The minimum absolute atomic E-state index is 0.00361. The zero-order valence-corrected chi connectivity index (χ0v) is 12.9. The summed E-state index contributed by atoms with van der Waals surface area (Å²) in [5.41, 5.74) is 5.09. The van der Waals surface area contributed by atoms with Crippen molar-refractivity contribution in [1.82, 2.24) is 4.57 Å². The number of hydrogen-bond donors (Lipinski definition) is 1. The molecular weight excluding hydrogens is 325 g/mol. The van der Waals surface area contributed by atoms with Crippen molar-refractivity contribution in [2.24, 2.45) is 12.8 Å². The van der Waals surface area contributed by atoms with Crippen LogP contribution in [0.3, 0.4) is 0 Å². The van der Waals surface area contributed by atoms with Gasteiger partial charge in [-0.25, -0.2) is 4.79 Å². The number of carbonyl (C=O) groups is 2. The third-order valence-corrected chi connectivity index (χ3v) is 3.49. The Labute approximate surface area is 135 Å². The number of aryl methyl sites for hydroxylation is 2. The number of alkyl halides is 3. The van der Waals surface area contributed by atoms with Crippen LogP contribution < -0.4 is 5.73 Å². The molecule has 2 rings (SSSR count). The molecule has 128 valence electrons. The summed E-state index contributed by atoms with van der Waals surface area (Å²) < 4.78 is 45.9. The summed E-state index contributed by atoms with van der Waals surface area (Å²) in [5.74, 6) is -1.99. The van der Waals surface area contributed by atoms with E-state index in [0.29, 0.717) is 5.56 Å². The molecule has 0 spiro atoms. The minimum atomic E-state index is -4.78. The highest BCUT2D eigenvalue weighted by molar-refractivity contribution is 5.96. The summed E-state index contributed by atoms with van der Waals surface area (Å²) in [6.45, 7) is 1.50. The Bertz CT molecular complexity index is 781. The highest BCUT2D eigenvalue weighted by Crippen LogP contribution is 2.37. The Morgan fingerprint density at radius 3 is 2.38 bits per heavy atom. The van der Waals surface area contributed by atoms with Crippen molar-refractivity contribution in [2.75, 3.05) is 0 Å². The van der Waals surface area contributed by atoms with E-state index in [2.05, 4.69) is 0 Å². The molecule has 1 unspecified atom stereocenters. The molecule has 24 heavy (non-hydrogen) atoms. The van der Waals surface area contributed by atoms with E-state index in [-0.39, 0.29) is 16.8 Å². The number of hydrogen-bond acceptors (Lipinski definition) is 3. The molecule has 1 heterocycles. The van der Waals surface area contributed by atoms with Crippen molar-refractivity contribution in [2.45, 2.75) is 19.2 Å². The highest BCUT2D eigenvalue weighted by Gasteiger charge is 2.45. The average molecular weight is 340 g/mol. The zero-order chi connectivity index (χ0) is 18.1. The number of amides is 1. The van der Waals surface area contributed by atoms with E-state index in [1.807, 2.05) is 0 Å². The van der Waals surface area contributed by atoms with Gasteiger partial charge in [0.2, 0.25) is 12.0 Å². The van der Waals surface area contributed by atoms with Gasteiger partial charge in [-0.3, -0.25) is 4.79 Å². The van der Waals surface area contributed by atoms with Crippen LogP contribution in [0.15, 0.2) is 36.5 Å². The SMILES string of the molecule is Cc1ccccc1C(OC(=O)c1cc(C(N)=O)cn1C)C(F)(F)F. The molecule has 0 saturated heterocycles. The van der Waals surface area contributed by atoms with Crippen molar-refractivity contribution >= 4 is 11.9 Å². The van der Waals surface area contributed by atoms with Crippen LogP contribution in [0.2, 0.25) is 0 Å². The van der Waals surface area contributed by atoms with Gasteiger partial charge in [-0.2, -0.15) is 13.2 Å². The van der Waals surface area contributed by atoms with Crippen LogP contribution in [0.1, 0.15) is 38.1 Å². The number of rotatable bonds is 4. The van der Waals surface area contributed by atoms with Crippen molar-refractivity contribution in [3.8, 4) is 0 Å². The Hall–Kier alpha value is -2.77. The average Bonchev–Trinajstić information content (AvgIpc) is 2.87. The third kappa shape index (κ3) is 3.58. The normalized spacial score (nSPS) is 12.7. The Balaban J connectivity index is 2.36. The fourth-order valence-corrected chi connectivity index (χ4v) is 2.26. The fraction of sp³-hybridized carbons (Fsp3) is 0.250. The number of esters is 1. The van der Waals surface area contributed by atoms with Crippen molar-refractivity contribution in [1.29, 1.82) is 0 Å². The van der Waals surface area contributed by atoms with E-state index in [1.54, 1.807) is 6.07 Å². The van der Waals surface area contributed by atoms with Crippen LogP contribution in [0.4, 0.5) is 13.2 Å². The maximum Gasteiger partial charge on any atom is 0.429 e. The third-order valence-electron chi connectivity index (χ3n) is 3.49. The lowest BCUT2D eigenvalue weighted by molar-refractivity contribution is -0.207. The van der Waals surface area contributed by atoms with Gasteiger partial charge in [0.25, 0.3) is 0 Å². The number of nitrogens with two attached hydrogens (primary N) is 1. The fourth-order valence-electron chi connectivity index (χ4n) is 2.26. The lowest BCUT2D eigenvalue weighted by Gasteiger charge is -2.22. The molecule has 0 aliphatic carbocycles. The molecule has 1 aromatic carbocycles. The van der Waals surface area contributed by atoms with Gasteiger partial charge < -0.3 is 15.0 Å². The van der Waals surface area contributed by atoms with E-state index >= 15 is 0 Å². The van der Waals surface area contributed by atoms with Crippen LogP contribution in [-0.2, 0) is 11.8 Å². The number of nitrogens with zero attached hydrogens (tertiary/aromatic N) is 1. The minimum Gasteiger partial charge on any atom is -0.443 e. The first-order valence-corrected chi connectivity index (χ1v) is 6.90. The van der Waals surface area contributed by atoms with Crippen LogP contribution in [-0.4, -0.2) is 22.6 Å². The molecule has 0 aliphatic rings. The van der Waals surface area contributed by atoms with Crippen LogP contribution >= 0.6 is 0 Å². The number of benzene rings is 1. The van der Waals surface area contributed by atoms with Crippen LogP contribution in [0.25, 0.3) is 0 Å². The molecule has 2 N–H and O–H groups in total. The van der Waals surface area contributed by atoms with E-state index in [1.165, 1.54) is 42.9 Å². The Morgan fingerprint density at radius 1 is 1.25 bits per heavy atom. The van der Waals surface area contributed by atoms with Gasteiger partial charge in [-0.1, -0.05) is 24.3 Å². The molecule has 0 radical (unpaired) electrons. The molecule has 0 fully saturated rings. The van der Waals surface area contributed by atoms with Gasteiger partial charge >= 0.3 is 12.1 Å². The second kappa shape index (κ2) is 6.38. The quantitative estimate of drug-likeness (QED) is 0.870. The molecule has 5 nitrogen and oxygen atoms in total. The Kier molecular flexibility index (Phi) is 4.68. The topological polar surface area (TPSA) is 74.3 Å². The second-order valence-electron chi connectivity index (χ2n) is 5.27. The molecule has 0 saturated carbocycles. The first kappa shape index (κ1) is 17.6. The van der Waals surface area contributed by atoms with Crippen LogP contribution in [0.5, 0.6) is 0 Å². The summed E-state index contributed by atoms with van der Waals surface area (Å²) in [6.07, 6.45) is -5.94. The summed E-state index contributed by atoms with van der Waals surface area (Å²) in [4.78, 5) is 23.3. The molecule has 0 bridgehead atoms. The number of carbonyl (C=O) groups excluding carboxylic acids is 2. The maximum atomic E-state index is 13.3. The first-order chi connectivity index (χ1) is 11.1. The Morgan fingerprint density at radius 2 is 1.88 bits per heavy atom. The van der Waals surface area contributed by atoms with Crippen LogP contribution in [0, 0.1) is 6.92 Å². The molecule has 2 aromatic rings. The number of aromatic nitrogens is 1. The van der Waals surface area contributed by atoms with Gasteiger partial charge in [0.1, 0.15) is 5.69 Å². The lowest BCUT2D eigenvalue weighted by atomic mass is 10.0. The van der Waals surface area contributed by atoms with Crippen molar-refractivity contribution in [3.05, 3.63) is 58.9 Å². The van der Waals surface area contributed by atoms with Crippen molar-refractivity contribution < 1.29 is 27.5 Å². The molecule has 0 aliphatic heterocycles. The van der Waals surface area contributed by atoms with Gasteiger partial charge in [0.15, 0.2) is 0 Å². The molecule has 1 aromatic heterocycles. The largest absolute Gasteiger partial charge is 0.443 e. The highest BCUT2D eigenvalue weighted by atomic mass is 19.4. The molecular formula is C16H15F3N2O3. The standard InChI is InChI=1S/C16H15F3N2O3/c1-9-5-3-4-6-11(9)13(16(17,18)19)24-15(23)12-7-10(14(20)22)8-21(12)2/h3-8,13H,1-2H3,(H2,20,22).